The highest BCUT2D eigenvalue weighted by atomic mass is 16.5. The molecule has 2 rings (SSSR count). The van der Waals surface area contributed by atoms with Gasteiger partial charge in [-0.25, -0.2) is 0 Å². The number of nitrogens with one attached hydrogen (secondary N) is 1. The molecule has 1 heterocycles. The van der Waals surface area contributed by atoms with E-state index in [9.17, 15) is 4.79 Å². The van der Waals surface area contributed by atoms with Crippen LogP contribution < -0.4 is 5.32 Å². The molecular weight excluding hydrogens is 258 g/mol. The number of hydrogen-bond acceptors (Lipinski definition) is 6. The van der Waals surface area contributed by atoms with E-state index in [1.54, 1.807) is 6.92 Å². The minimum absolute atomic E-state index is 0.121. The first kappa shape index (κ1) is 14.2. The van der Waals surface area contributed by atoms with Gasteiger partial charge in [-0.1, -0.05) is 17.7 Å². The van der Waals surface area contributed by atoms with Gasteiger partial charge in [0.25, 0.3) is 0 Å². The fourth-order valence-electron chi connectivity index (χ4n) is 1.62. The number of esters is 1. The van der Waals surface area contributed by atoms with Gasteiger partial charge in [-0.05, 0) is 26.0 Å². The summed E-state index contributed by atoms with van der Waals surface area (Å²) >= 11 is 0. The first-order valence-electron chi connectivity index (χ1n) is 6.45. The quantitative estimate of drug-likeness (QED) is 0.808. The molecule has 106 valence electrons. The molecule has 0 saturated carbocycles. The SMILES string of the molecule is CCOC(=O)CNCc1nnc(-c2ccc(C)cc2)o1. The average Bonchev–Trinajstić information content (AvgIpc) is 2.89. The molecule has 0 atom stereocenters. The third kappa shape index (κ3) is 3.89. The topological polar surface area (TPSA) is 77.2 Å². The zero-order valence-corrected chi connectivity index (χ0v) is 11.5. The summed E-state index contributed by atoms with van der Waals surface area (Å²) in [5.41, 5.74) is 2.05. The monoisotopic (exact) mass is 275 g/mol. The minimum Gasteiger partial charge on any atom is -0.465 e. The van der Waals surface area contributed by atoms with Gasteiger partial charge in [-0.15, -0.1) is 10.2 Å². The highest BCUT2D eigenvalue weighted by Gasteiger charge is 2.09. The molecule has 0 radical (unpaired) electrons. The molecule has 1 aromatic heterocycles. The third-order valence-electron chi connectivity index (χ3n) is 2.62. The van der Waals surface area contributed by atoms with Gasteiger partial charge < -0.3 is 9.15 Å². The Balaban J connectivity index is 1.89. The van der Waals surface area contributed by atoms with Gasteiger partial charge in [0.05, 0.1) is 19.7 Å². The van der Waals surface area contributed by atoms with Crippen LogP contribution in [-0.2, 0) is 16.1 Å². The van der Waals surface area contributed by atoms with E-state index in [-0.39, 0.29) is 12.5 Å². The Morgan fingerprint density at radius 1 is 1.30 bits per heavy atom. The van der Waals surface area contributed by atoms with Gasteiger partial charge in [0.2, 0.25) is 11.8 Å². The van der Waals surface area contributed by atoms with Crippen LogP contribution in [0.2, 0.25) is 0 Å². The van der Waals surface area contributed by atoms with Gasteiger partial charge in [0, 0.05) is 5.56 Å². The number of aryl methyl sites for hydroxylation is 1. The Morgan fingerprint density at radius 2 is 2.05 bits per heavy atom. The fourth-order valence-corrected chi connectivity index (χ4v) is 1.62. The predicted molar refractivity (Wildman–Crippen MR) is 72.8 cm³/mol. The molecule has 0 spiro atoms. The van der Waals surface area contributed by atoms with Crippen molar-refractivity contribution in [2.75, 3.05) is 13.2 Å². The summed E-state index contributed by atoms with van der Waals surface area (Å²) in [4.78, 5) is 11.1. The van der Waals surface area contributed by atoms with Crippen molar-refractivity contribution < 1.29 is 13.9 Å². The summed E-state index contributed by atoms with van der Waals surface area (Å²) in [5.74, 6) is 0.605. The lowest BCUT2D eigenvalue weighted by molar-refractivity contribution is -0.142. The number of rotatable bonds is 6. The molecule has 20 heavy (non-hydrogen) atoms. The molecule has 6 heteroatoms. The minimum atomic E-state index is -0.300. The Morgan fingerprint density at radius 3 is 2.75 bits per heavy atom. The number of aromatic nitrogens is 2. The number of carbonyl (C=O) groups is 1. The van der Waals surface area contributed by atoms with E-state index in [0.29, 0.717) is 24.9 Å². The van der Waals surface area contributed by atoms with Crippen molar-refractivity contribution in [3.05, 3.63) is 35.7 Å². The van der Waals surface area contributed by atoms with Crippen molar-refractivity contribution in [3.8, 4) is 11.5 Å². The van der Waals surface area contributed by atoms with Gasteiger partial charge in [-0.3, -0.25) is 10.1 Å². The lowest BCUT2D eigenvalue weighted by atomic mass is 10.1. The van der Waals surface area contributed by atoms with Crippen LogP contribution in [0.25, 0.3) is 11.5 Å². The van der Waals surface area contributed by atoms with E-state index in [1.807, 2.05) is 31.2 Å². The van der Waals surface area contributed by atoms with Gasteiger partial charge in [0.15, 0.2) is 0 Å². The van der Waals surface area contributed by atoms with Crippen LogP contribution in [-0.4, -0.2) is 29.3 Å². The molecule has 2 aromatic rings. The molecule has 0 aliphatic rings. The van der Waals surface area contributed by atoms with Crippen LogP contribution in [0.1, 0.15) is 18.4 Å². The van der Waals surface area contributed by atoms with Crippen molar-refractivity contribution in [3.63, 3.8) is 0 Å². The van der Waals surface area contributed by atoms with E-state index < -0.39 is 0 Å². The first-order chi connectivity index (χ1) is 9.69. The number of nitrogens with zero attached hydrogens (tertiary/aromatic N) is 2. The predicted octanol–water partition coefficient (Wildman–Crippen LogP) is 1.70. The smallest absolute Gasteiger partial charge is 0.319 e. The highest BCUT2D eigenvalue weighted by Crippen LogP contribution is 2.17. The van der Waals surface area contributed by atoms with Gasteiger partial charge in [0.1, 0.15) is 0 Å². The maximum Gasteiger partial charge on any atom is 0.319 e. The van der Waals surface area contributed by atoms with Gasteiger partial charge >= 0.3 is 5.97 Å². The molecule has 0 aliphatic heterocycles. The summed E-state index contributed by atoms with van der Waals surface area (Å²) in [7, 11) is 0. The maximum atomic E-state index is 11.1. The number of hydrogen-bond donors (Lipinski definition) is 1. The summed E-state index contributed by atoms with van der Waals surface area (Å²) < 4.78 is 10.3. The average molecular weight is 275 g/mol. The summed E-state index contributed by atoms with van der Waals surface area (Å²) in [5, 5.41) is 10.8. The zero-order chi connectivity index (χ0) is 14.4. The second-order valence-corrected chi connectivity index (χ2v) is 4.28. The van der Waals surface area contributed by atoms with Gasteiger partial charge in [-0.2, -0.15) is 0 Å². The standard InChI is InChI=1S/C14H17N3O3/c1-3-19-13(18)9-15-8-12-16-17-14(20-12)11-6-4-10(2)5-7-11/h4-7,15H,3,8-9H2,1-2H3. The number of benzene rings is 1. The van der Waals surface area contributed by atoms with E-state index >= 15 is 0 Å². The van der Waals surface area contributed by atoms with E-state index in [0.717, 1.165) is 5.56 Å². The van der Waals surface area contributed by atoms with E-state index in [1.165, 1.54) is 5.56 Å². The molecule has 1 aromatic carbocycles. The zero-order valence-electron chi connectivity index (χ0n) is 11.5. The van der Waals surface area contributed by atoms with E-state index in [2.05, 4.69) is 15.5 Å². The van der Waals surface area contributed by atoms with Crippen molar-refractivity contribution >= 4 is 5.97 Å². The second kappa shape index (κ2) is 6.81. The molecule has 0 fully saturated rings. The molecule has 0 aliphatic carbocycles. The van der Waals surface area contributed by atoms with E-state index in [4.69, 9.17) is 9.15 Å². The Hall–Kier alpha value is -2.21. The Bertz CT molecular complexity index is 563. The molecule has 0 saturated heterocycles. The summed E-state index contributed by atoms with van der Waals surface area (Å²) in [6.07, 6.45) is 0. The van der Waals surface area contributed by atoms with Crippen molar-refractivity contribution in [2.45, 2.75) is 20.4 Å². The largest absolute Gasteiger partial charge is 0.465 e. The highest BCUT2D eigenvalue weighted by molar-refractivity contribution is 5.71. The lowest BCUT2D eigenvalue weighted by Crippen LogP contribution is -2.24. The summed E-state index contributed by atoms with van der Waals surface area (Å²) in [6, 6.07) is 7.83. The normalized spacial score (nSPS) is 10.5. The molecular formula is C14H17N3O3. The van der Waals surface area contributed by atoms with Crippen molar-refractivity contribution in [2.24, 2.45) is 0 Å². The lowest BCUT2D eigenvalue weighted by Gasteiger charge is -2.01. The molecule has 0 bridgehead atoms. The van der Waals surface area contributed by atoms with Crippen LogP contribution in [0.15, 0.2) is 28.7 Å². The number of carbonyl (C=O) groups excluding carboxylic acids is 1. The number of ether oxygens (including phenoxy) is 1. The van der Waals surface area contributed by atoms with Crippen LogP contribution >= 0.6 is 0 Å². The van der Waals surface area contributed by atoms with Crippen LogP contribution in [0.3, 0.4) is 0 Å². The van der Waals surface area contributed by atoms with Crippen LogP contribution in [0.4, 0.5) is 0 Å². The van der Waals surface area contributed by atoms with Crippen LogP contribution in [0, 0.1) is 6.92 Å². The molecule has 0 amide bonds. The molecule has 6 nitrogen and oxygen atoms in total. The summed E-state index contributed by atoms with van der Waals surface area (Å²) in [6.45, 7) is 4.61. The fraction of sp³-hybridized carbons (Fsp3) is 0.357. The third-order valence-corrected chi connectivity index (χ3v) is 2.62. The Kier molecular flexibility index (Phi) is 4.84. The molecule has 1 N–H and O–H groups in total. The molecule has 0 unspecified atom stereocenters. The maximum absolute atomic E-state index is 11.1. The van der Waals surface area contributed by atoms with Crippen molar-refractivity contribution in [1.29, 1.82) is 0 Å². The first-order valence-corrected chi connectivity index (χ1v) is 6.45. The Labute approximate surface area is 117 Å². The van der Waals surface area contributed by atoms with Crippen molar-refractivity contribution in [1.82, 2.24) is 15.5 Å². The second-order valence-electron chi connectivity index (χ2n) is 4.28. The van der Waals surface area contributed by atoms with Crippen LogP contribution in [0.5, 0.6) is 0 Å².